The average Bonchev–Trinajstić information content (AvgIpc) is 3.18. The maximum atomic E-state index is 11.8. The van der Waals surface area contributed by atoms with Gasteiger partial charge in [-0.15, -0.1) is 0 Å². The molecule has 0 unspecified atom stereocenters. The van der Waals surface area contributed by atoms with E-state index in [1.165, 1.54) is 12.8 Å². The van der Waals surface area contributed by atoms with Crippen LogP contribution >= 0.6 is 0 Å². The molecule has 2 aliphatic rings. The molecule has 1 heterocycles. The summed E-state index contributed by atoms with van der Waals surface area (Å²) < 4.78 is 31.1. The van der Waals surface area contributed by atoms with Crippen LogP contribution < -0.4 is 4.72 Å². The number of aromatic nitrogens is 1. The lowest BCUT2D eigenvalue weighted by molar-refractivity contribution is 0.422. The van der Waals surface area contributed by atoms with Crippen molar-refractivity contribution in [3.05, 3.63) is 11.8 Å². The number of sulfonamides is 1. The Labute approximate surface area is 101 Å². The highest BCUT2D eigenvalue weighted by atomic mass is 32.2. The average molecular weight is 256 g/mol. The number of nitrogens with one attached hydrogen (secondary N) is 1. The van der Waals surface area contributed by atoms with Gasteiger partial charge in [-0.2, -0.15) is 0 Å². The topological polar surface area (TPSA) is 72.2 Å². The van der Waals surface area contributed by atoms with Gasteiger partial charge in [-0.05, 0) is 31.1 Å². The molecule has 1 aromatic rings. The quantitative estimate of drug-likeness (QED) is 0.846. The molecule has 2 aliphatic carbocycles. The molecular weight excluding hydrogens is 240 g/mol. The molecule has 1 aromatic heterocycles. The lowest BCUT2D eigenvalue weighted by Gasteiger charge is -2.05. The maximum absolute atomic E-state index is 11.8. The zero-order valence-electron chi connectivity index (χ0n) is 9.55. The first-order chi connectivity index (χ1) is 8.14. The van der Waals surface area contributed by atoms with E-state index in [4.69, 9.17) is 4.52 Å². The van der Waals surface area contributed by atoms with Gasteiger partial charge in [0.25, 0.3) is 0 Å². The predicted molar refractivity (Wildman–Crippen MR) is 63.2 cm³/mol. The Hall–Kier alpha value is -1.04. The molecule has 0 aliphatic heterocycles. The molecule has 1 N–H and O–H groups in total. The van der Waals surface area contributed by atoms with Crippen molar-refractivity contribution < 1.29 is 12.9 Å². The molecule has 2 fully saturated rings. The van der Waals surface area contributed by atoms with E-state index in [9.17, 15) is 8.42 Å². The summed E-state index contributed by atoms with van der Waals surface area (Å²) in [5, 5.41) is 3.74. The fraction of sp³-hybridized carbons (Fsp3) is 0.727. The summed E-state index contributed by atoms with van der Waals surface area (Å²) in [6.07, 6.45) is 6.85. The van der Waals surface area contributed by atoms with Gasteiger partial charge in [0, 0.05) is 5.56 Å². The minimum Gasteiger partial charge on any atom is -0.362 e. The molecule has 0 saturated heterocycles. The Balaban J connectivity index is 1.65. The third kappa shape index (κ3) is 2.80. The second kappa shape index (κ2) is 4.01. The summed E-state index contributed by atoms with van der Waals surface area (Å²) in [5.41, 5.74) is 0.903. The number of hydrogen-bond donors (Lipinski definition) is 1. The molecular formula is C11H16N2O3S. The molecule has 3 rings (SSSR count). The van der Waals surface area contributed by atoms with Gasteiger partial charge in [0.2, 0.25) is 10.0 Å². The summed E-state index contributed by atoms with van der Waals surface area (Å²) in [6.45, 7) is 0. The fourth-order valence-electron chi connectivity index (χ4n) is 1.93. The molecule has 17 heavy (non-hydrogen) atoms. The summed E-state index contributed by atoms with van der Waals surface area (Å²) in [5.74, 6) is 1.63. The first-order valence-electron chi connectivity index (χ1n) is 6.09. The van der Waals surface area contributed by atoms with E-state index in [0.29, 0.717) is 17.7 Å². The van der Waals surface area contributed by atoms with Crippen molar-refractivity contribution in [2.45, 2.75) is 38.0 Å². The van der Waals surface area contributed by atoms with Crippen LogP contribution in [0.3, 0.4) is 0 Å². The van der Waals surface area contributed by atoms with Crippen molar-refractivity contribution in [3.63, 3.8) is 0 Å². The van der Waals surface area contributed by atoms with Crippen molar-refractivity contribution in [3.8, 4) is 0 Å². The van der Waals surface area contributed by atoms with Crippen molar-refractivity contribution in [2.75, 3.05) is 10.5 Å². The van der Waals surface area contributed by atoms with E-state index >= 15 is 0 Å². The fourth-order valence-corrected chi connectivity index (χ4v) is 3.13. The monoisotopic (exact) mass is 256 g/mol. The van der Waals surface area contributed by atoms with Crippen LogP contribution in [0.1, 0.15) is 43.6 Å². The molecule has 0 radical (unpaired) electrons. The third-order valence-electron chi connectivity index (χ3n) is 3.36. The summed E-state index contributed by atoms with van der Waals surface area (Å²) in [6, 6.07) is 0. The van der Waals surface area contributed by atoms with E-state index < -0.39 is 10.0 Å². The number of anilines is 1. The number of nitrogens with zero attached hydrogens (tertiary/aromatic N) is 1. The Morgan fingerprint density at radius 2 is 2.12 bits per heavy atom. The Morgan fingerprint density at radius 3 is 2.76 bits per heavy atom. The first-order valence-corrected chi connectivity index (χ1v) is 7.74. The number of rotatable bonds is 6. The van der Waals surface area contributed by atoms with Crippen LogP contribution in [0.15, 0.2) is 10.8 Å². The Morgan fingerprint density at radius 1 is 1.35 bits per heavy atom. The number of hydrogen-bond acceptors (Lipinski definition) is 4. The standard InChI is InChI=1S/C11H16N2O3S/c14-17(15,6-5-8-1-2-8)13-11-10(7-16-12-11)9-3-4-9/h7-9H,1-6H2,(H,12,13). The summed E-state index contributed by atoms with van der Waals surface area (Å²) in [4.78, 5) is 0. The highest BCUT2D eigenvalue weighted by Crippen LogP contribution is 2.43. The Bertz CT molecular complexity index is 501. The SMILES string of the molecule is O=S(=O)(CCC1CC1)Nc1nocc1C1CC1. The van der Waals surface area contributed by atoms with E-state index in [-0.39, 0.29) is 5.75 Å². The van der Waals surface area contributed by atoms with Gasteiger partial charge in [-0.3, -0.25) is 4.72 Å². The highest BCUT2D eigenvalue weighted by molar-refractivity contribution is 7.92. The largest absolute Gasteiger partial charge is 0.362 e. The van der Waals surface area contributed by atoms with E-state index in [1.807, 2.05) is 0 Å². The lowest BCUT2D eigenvalue weighted by atomic mass is 10.2. The molecule has 6 heteroatoms. The van der Waals surface area contributed by atoms with Crippen molar-refractivity contribution in [2.24, 2.45) is 5.92 Å². The summed E-state index contributed by atoms with van der Waals surface area (Å²) in [7, 11) is -3.26. The smallest absolute Gasteiger partial charge is 0.233 e. The normalized spacial score (nSPS) is 20.5. The minimum absolute atomic E-state index is 0.189. The van der Waals surface area contributed by atoms with Crippen LogP contribution in [0.2, 0.25) is 0 Å². The van der Waals surface area contributed by atoms with Crippen molar-refractivity contribution in [1.29, 1.82) is 0 Å². The maximum Gasteiger partial charge on any atom is 0.233 e. The predicted octanol–water partition coefficient (Wildman–Crippen LogP) is 2.09. The van der Waals surface area contributed by atoms with Crippen LogP contribution in [0.5, 0.6) is 0 Å². The van der Waals surface area contributed by atoms with Crippen LogP contribution in [0.25, 0.3) is 0 Å². The molecule has 0 aromatic carbocycles. The van der Waals surface area contributed by atoms with Crippen molar-refractivity contribution in [1.82, 2.24) is 5.16 Å². The molecule has 0 atom stereocenters. The molecule has 0 amide bonds. The molecule has 0 spiro atoms. The zero-order chi connectivity index (χ0) is 11.9. The van der Waals surface area contributed by atoms with Gasteiger partial charge in [-0.1, -0.05) is 18.0 Å². The summed E-state index contributed by atoms with van der Waals surface area (Å²) >= 11 is 0. The first kappa shape index (κ1) is 11.1. The highest BCUT2D eigenvalue weighted by Gasteiger charge is 2.30. The second-order valence-corrected chi connectivity index (χ2v) is 6.89. The van der Waals surface area contributed by atoms with E-state index in [2.05, 4.69) is 9.88 Å². The molecule has 2 saturated carbocycles. The van der Waals surface area contributed by atoms with Gasteiger partial charge < -0.3 is 4.52 Å². The van der Waals surface area contributed by atoms with Crippen molar-refractivity contribution >= 4 is 15.8 Å². The molecule has 5 nitrogen and oxygen atoms in total. The van der Waals surface area contributed by atoms with Gasteiger partial charge in [-0.25, -0.2) is 8.42 Å². The van der Waals surface area contributed by atoms with Crippen LogP contribution in [-0.4, -0.2) is 19.3 Å². The van der Waals surface area contributed by atoms with Crippen LogP contribution in [0.4, 0.5) is 5.82 Å². The zero-order valence-corrected chi connectivity index (χ0v) is 10.4. The van der Waals surface area contributed by atoms with Gasteiger partial charge in [0.05, 0.1) is 5.75 Å². The second-order valence-electron chi connectivity index (χ2n) is 5.05. The Kier molecular flexibility index (Phi) is 2.61. The molecule has 94 valence electrons. The molecule has 0 bridgehead atoms. The van der Waals surface area contributed by atoms with Crippen LogP contribution in [-0.2, 0) is 10.0 Å². The lowest BCUT2D eigenvalue weighted by Crippen LogP contribution is -2.18. The van der Waals surface area contributed by atoms with Gasteiger partial charge >= 0.3 is 0 Å². The van der Waals surface area contributed by atoms with E-state index in [1.54, 1.807) is 6.26 Å². The third-order valence-corrected chi connectivity index (χ3v) is 4.64. The van der Waals surface area contributed by atoms with Crippen LogP contribution in [0, 0.1) is 5.92 Å². The van der Waals surface area contributed by atoms with E-state index in [0.717, 1.165) is 24.8 Å². The minimum atomic E-state index is -3.26. The van der Waals surface area contributed by atoms with Gasteiger partial charge in [0.15, 0.2) is 5.82 Å². The van der Waals surface area contributed by atoms with Gasteiger partial charge in [0.1, 0.15) is 6.26 Å².